The van der Waals surface area contributed by atoms with Crippen LogP contribution in [0.5, 0.6) is 0 Å². The maximum Gasteiger partial charge on any atom is 0.243 e. The molecule has 1 aliphatic rings. The standard InChI is InChI=1S/C16H24N4O2/c1-12(2)13-3-5-14(6-4-13)19-7-9-20(10-8-19)16(22)11-15(21)18-17/h3-6,12H,7-11,17H2,1-2H3,(H,18,21). The van der Waals surface area contributed by atoms with Gasteiger partial charge in [0.15, 0.2) is 0 Å². The van der Waals surface area contributed by atoms with Crippen LogP contribution in [0.1, 0.15) is 31.7 Å². The molecule has 3 N–H and O–H groups in total. The van der Waals surface area contributed by atoms with Crippen molar-refractivity contribution in [3.63, 3.8) is 0 Å². The highest BCUT2D eigenvalue weighted by Crippen LogP contribution is 2.21. The normalized spacial score (nSPS) is 15.1. The molecule has 1 aromatic carbocycles. The predicted molar refractivity (Wildman–Crippen MR) is 86.3 cm³/mol. The molecule has 120 valence electrons. The Morgan fingerprint density at radius 2 is 1.73 bits per heavy atom. The second-order valence-electron chi connectivity index (χ2n) is 5.86. The van der Waals surface area contributed by atoms with Gasteiger partial charge in [0.05, 0.1) is 0 Å². The van der Waals surface area contributed by atoms with Gasteiger partial charge in [-0.25, -0.2) is 5.84 Å². The van der Waals surface area contributed by atoms with Crippen molar-refractivity contribution in [1.82, 2.24) is 10.3 Å². The molecule has 22 heavy (non-hydrogen) atoms. The summed E-state index contributed by atoms with van der Waals surface area (Å²) in [5.74, 6) is 4.91. The number of nitrogens with one attached hydrogen (secondary N) is 1. The van der Waals surface area contributed by atoms with Crippen LogP contribution in [-0.4, -0.2) is 42.9 Å². The lowest BCUT2D eigenvalue weighted by Crippen LogP contribution is -2.49. The molecule has 0 saturated carbocycles. The number of carbonyl (C=O) groups excluding carboxylic acids is 2. The Hall–Kier alpha value is -2.08. The van der Waals surface area contributed by atoms with E-state index in [4.69, 9.17) is 5.84 Å². The Labute approximate surface area is 131 Å². The van der Waals surface area contributed by atoms with Crippen LogP contribution in [-0.2, 0) is 9.59 Å². The van der Waals surface area contributed by atoms with Gasteiger partial charge in [-0.3, -0.25) is 15.0 Å². The van der Waals surface area contributed by atoms with Gasteiger partial charge >= 0.3 is 0 Å². The van der Waals surface area contributed by atoms with Crippen molar-refractivity contribution in [2.45, 2.75) is 26.2 Å². The van der Waals surface area contributed by atoms with Crippen molar-refractivity contribution >= 4 is 17.5 Å². The number of amides is 2. The van der Waals surface area contributed by atoms with Crippen LogP contribution >= 0.6 is 0 Å². The van der Waals surface area contributed by atoms with Crippen molar-refractivity contribution in [1.29, 1.82) is 0 Å². The molecule has 0 radical (unpaired) electrons. The van der Waals surface area contributed by atoms with Crippen molar-refractivity contribution in [2.24, 2.45) is 5.84 Å². The number of hydrogen-bond donors (Lipinski definition) is 2. The maximum absolute atomic E-state index is 11.9. The molecule has 0 spiro atoms. The van der Waals surface area contributed by atoms with Crippen molar-refractivity contribution < 1.29 is 9.59 Å². The zero-order valence-electron chi connectivity index (χ0n) is 13.2. The molecule has 1 heterocycles. The van der Waals surface area contributed by atoms with E-state index < -0.39 is 5.91 Å². The predicted octanol–water partition coefficient (Wildman–Crippen LogP) is 0.839. The van der Waals surface area contributed by atoms with E-state index in [9.17, 15) is 9.59 Å². The van der Waals surface area contributed by atoms with Gasteiger partial charge in [-0.05, 0) is 23.6 Å². The summed E-state index contributed by atoms with van der Waals surface area (Å²) in [5.41, 5.74) is 4.49. The van der Waals surface area contributed by atoms with Crippen LogP contribution in [0.25, 0.3) is 0 Å². The first kappa shape index (κ1) is 16.3. The summed E-state index contributed by atoms with van der Waals surface area (Å²) in [6.07, 6.45) is -0.181. The second kappa shape index (κ2) is 7.26. The number of nitrogens with two attached hydrogens (primary N) is 1. The van der Waals surface area contributed by atoms with E-state index in [2.05, 4.69) is 43.0 Å². The Morgan fingerprint density at radius 1 is 1.14 bits per heavy atom. The molecule has 6 nitrogen and oxygen atoms in total. The number of benzene rings is 1. The van der Waals surface area contributed by atoms with E-state index in [1.165, 1.54) is 11.3 Å². The molecule has 0 aromatic heterocycles. The van der Waals surface area contributed by atoms with Gasteiger partial charge in [-0.15, -0.1) is 0 Å². The molecule has 0 aliphatic carbocycles. The van der Waals surface area contributed by atoms with Gasteiger partial charge in [0.2, 0.25) is 11.8 Å². The summed E-state index contributed by atoms with van der Waals surface area (Å²) < 4.78 is 0. The Balaban J connectivity index is 1.89. The van der Waals surface area contributed by atoms with E-state index >= 15 is 0 Å². The molecule has 1 saturated heterocycles. The fourth-order valence-electron chi connectivity index (χ4n) is 2.58. The van der Waals surface area contributed by atoms with Crippen LogP contribution in [0.3, 0.4) is 0 Å². The smallest absolute Gasteiger partial charge is 0.243 e. The maximum atomic E-state index is 11.9. The first-order valence-electron chi connectivity index (χ1n) is 7.63. The number of carbonyl (C=O) groups is 2. The van der Waals surface area contributed by atoms with Crippen LogP contribution in [0.4, 0.5) is 5.69 Å². The quantitative estimate of drug-likeness (QED) is 0.374. The first-order chi connectivity index (χ1) is 10.5. The number of piperazine rings is 1. The van der Waals surface area contributed by atoms with E-state index in [1.54, 1.807) is 4.90 Å². The highest BCUT2D eigenvalue weighted by molar-refractivity contribution is 5.96. The van der Waals surface area contributed by atoms with E-state index in [1.807, 2.05) is 5.43 Å². The van der Waals surface area contributed by atoms with Crippen molar-refractivity contribution in [3.8, 4) is 0 Å². The number of nitrogens with zero attached hydrogens (tertiary/aromatic N) is 2. The molecule has 6 heteroatoms. The average Bonchev–Trinajstić information content (AvgIpc) is 2.55. The van der Waals surface area contributed by atoms with E-state index in [-0.39, 0.29) is 12.3 Å². The number of anilines is 1. The topological polar surface area (TPSA) is 78.7 Å². The lowest BCUT2D eigenvalue weighted by molar-refractivity contribution is -0.136. The average molecular weight is 304 g/mol. The summed E-state index contributed by atoms with van der Waals surface area (Å²) in [5, 5.41) is 0. The number of rotatable bonds is 4. The SMILES string of the molecule is CC(C)c1ccc(N2CCN(C(=O)CC(=O)NN)CC2)cc1. The van der Waals surface area contributed by atoms with Crippen molar-refractivity contribution in [3.05, 3.63) is 29.8 Å². The van der Waals surface area contributed by atoms with E-state index in [0.717, 1.165) is 13.1 Å². The zero-order chi connectivity index (χ0) is 16.1. The summed E-state index contributed by atoms with van der Waals surface area (Å²) in [7, 11) is 0. The lowest BCUT2D eigenvalue weighted by Gasteiger charge is -2.36. The summed E-state index contributed by atoms with van der Waals surface area (Å²) in [4.78, 5) is 27.0. The van der Waals surface area contributed by atoms with Gasteiger partial charge in [0.1, 0.15) is 6.42 Å². The third-order valence-electron chi connectivity index (χ3n) is 4.03. The zero-order valence-corrected chi connectivity index (χ0v) is 13.2. The van der Waals surface area contributed by atoms with Gasteiger partial charge in [0, 0.05) is 31.9 Å². The molecule has 1 aliphatic heterocycles. The molecule has 2 rings (SSSR count). The van der Waals surface area contributed by atoms with Gasteiger partial charge in [0.25, 0.3) is 0 Å². The highest BCUT2D eigenvalue weighted by atomic mass is 16.2. The number of hydrazine groups is 1. The molecule has 0 bridgehead atoms. The Morgan fingerprint density at radius 3 is 2.23 bits per heavy atom. The molecule has 1 fully saturated rings. The van der Waals surface area contributed by atoms with Gasteiger partial charge < -0.3 is 9.80 Å². The Kier molecular flexibility index (Phi) is 5.38. The van der Waals surface area contributed by atoms with E-state index in [0.29, 0.717) is 19.0 Å². The van der Waals surface area contributed by atoms with Crippen LogP contribution < -0.4 is 16.2 Å². The summed E-state index contributed by atoms with van der Waals surface area (Å²) in [6.45, 7) is 7.16. The minimum absolute atomic E-state index is 0.169. The van der Waals surface area contributed by atoms with Gasteiger partial charge in [-0.1, -0.05) is 26.0 Å². The largest absolute Gasteiger partial charge is 0.368 e. The summed E-state index contributed by atoms with van der Waals surface area (Å²) in [6, 6.07) is 8.58. The second-order valence-corrected chi connectivity index (χ2v) is 5.86. The van der Waals surface area contributed by atoms with Crippen molar-refractivity contribution in [2.75, 3.05) is 31.1 Å². The molecular formula is C16H24N4O2. The van der Waals surface area contributed by atoms with Crippen LogP contribution in [0.15, 0.2) is 24.3 Å². The lowest BCUT2D eigenvalue weighted by atomic mass is 10.0. The fourth-order valence-corrected chi connectivity index (χ4v) is 2.58. The van der Waals surface area contributed by atoms with Gasteiger partial charge in [-0.2, -0.15) is 0 Å². The molecule has 1 aromatic rings. The minimum Gasteiger partial charge on any atom is -0.368 e. The fraction of sp³-hybridized carbons (Fsp3) is 0.500. The molecule has 0 unspecified atom stereocenters. The molecule has 2 amide bonds. The first-order valence-corrected chi connectivity index (χ1v) is 7.63. The van der Waals surface area contributed by atoms with Crippen LogP contribution in [0.2, 0.25) is 0 Å². The highest BCUT2D eigenvalue weighted by Gasteiger charge is 2.22. The number of hydrogen-bond acceptors (Lipinski definition) is 4. The monoisotopic (exact) mass is 304 g/mol. The molecular weight excluding hydrogens is 280 g/mol. The summed E-state index contributed by atoms with van der Waals surface area (Å²) >= 11 is 0. The third-order valence-corrected chi connectivity index (χ3v) is 4.03. The minimum atomic E-state index is -0.447. The molecule has 0 atom stereocenters. The van der Waals surface area contributed by atoms with Crippen LogP contribution in [0, 0.1) is 0 Å². The third kappa shape index (κ3) is 3.98. The Bertz CT molecular complexity index is 519.